The summed E-state index contributed by atoms with van der Waals surface area (Å²) in [4.78, 5) is 17.8. The van der Waals surface area contributed by atoms with Crippen LogP contribution in [-0.2, 0) is 16.3 Å². The highest BCUT2D eigenvalue weighted by atomic mass is 35.5. The molecule has 13 heteroatoms. The van der Waals surface area contributed by atoms with E-state index in [9.17, 15) is 27.1 Å². The molecular formula is C26H38ClF2N5O4S. The molecule has 1 aliphatic heterocycles. The van der Waals surface area contributed by atoms with Crippen LogP contribution >= 0.6 is 12.4 Å². The SMILES string of the molecule is CCC(C)Nc1cc(C(=O)N[C@@H](Cc2cc(F)cc(F)c2)[C@@H](O)C2CCCCN2)cc(NCS(C)(=O)=O)n1.Cl. The number of amides is 1. The van der Waals surface area contributed by atoms with Gasteiger partial charge in [-0.05, 0) is 69.0 Å². The second-order valence-electron chi connectivity index (χ2n) is 9.94. The van der Waals surface area contributed by atoms with Crippen LogP contribution in [0.1, 0.15) is 55.5 Å². The summed E-state index contributed by atoms with van der Waals surface area (Å²) in [6.07, 6.45) is 3.43. The lowest BCUT2D eigenvalue weighted by Crippen LogP contribution is -2.55. The fraction of sp³-hybridized carbons (Fsp3) is 0.538. The minimum absolute atomic E-state index is 0. The van der Waals surface area contributed by atoms with E-state index in [1.54, 1.807) is 0 Å². The molecule has 2 aromatic rings. The van der Waals surface area contributed by atoms with Gasteiger partial charge in [-0.15, -0.1) is 12.4 Å². The van der Waals surface area contributed by atoms with Gasteiger partial charge in [-0.3, -0.25) is 4.79 Å². The van der Waals surface area contributed by atoms with Gasteiger partial charge in [0.15, 0.2) is 9.84 Å². The van der Waals surface area contributed by atoms with Crippen molar-refractivity contribution in [1.82, 2.24) is 15.6 Å². The summed E-state index contributed by atoms with van der Waals surface area (Å²) in [5, 5.41) is 23.2. The summed E-state index contributed by atoms with van der Waals surface area (Å²) in [5.41, 5.74) is 0.480. The maximum Gasteiger partial charge on any atom is 0.251 e. The highest BCUT2D eigenvalue weighted by Gasteiger charge is 2.31. The van der Waals surface area contributed by atoms with Crippen molar-refractivity contribution in [3.63, 3.8) is 0 Å². The Kier molecular flexibility index (Phi) is 12.3. The third kappa shape index (κ3) is 10.5. The van der Waals surface area contributed by atoms with Crippen molar-refractivity contribution in [2.45, 2.75) is 70.2 Å². The molecule has 1 aromatic carbocycles. The monoisotopic (exact) mass is 589 g/mol. The molecule has 1 aliphatic rings. The van der Waals surface area contributed by atoms with Gasteiger partial charge in [0.2, 0.25) is 0 Å². The lowest BCUT2D eigenvalue weighted by atomic mass is 9.91. The van der Waals surface area contributed by atoms with Crippen molar-refractivity contribution in [1.29, 1.82) is 0 Å². The van der Waals surface area contributed by atoms with Crippen LogP contribution in [0.5, 0.6) is 0 Å². The molecule has 4 atom stereocenters. The smallest absolute Gasteiger partial charge is 0.251 e. The first-order valence-corrected chi connectivity index (χ1v) is 14.9. The van der Waals surface area contributed by atoms with E-state index in [4.69, 9.17) is 0 Å². The van der Waals surface area contributed by atoms with Crippen molar-refractivity contribution < 1.29 is 27.1 Å². The molecule has 0 aliphatic carbocycles. The fourth-order valence-corrected chi connectivity index (χ4v) is 4.74. The van der Waals surface area contributed by atoms with Gasteiger partial charge in [0, 0.05) is 30.0 Å². The van der Waals surface area contributed by atoms with Gasteiger partial charge in [-0.2, -0.15) is 0 Å². The molecule has 0 radical (unpaired) electrons. The predicted molar refractivity (Wildman–Crippen MR) is 151 cm³/mol. The quantitative estimate of drug-likeness (QED) is 0.255. The van der Waals surface area contributed by atoms with Gasteiger partial charge in [0.05, 0.1) is 12.1 Å². The topological polar surface area (TPSA) is 132 Å². The minimum Gasteiger partial charge on any atom is -0.389 e. The molecule has 1 aromatic heterocycles. The average Bonchev–Trinajstić information content (AvgIpc) is 2.86. The Balaban J connectivity index is 0.00000533. The van der Waals surface area contributed by atoms with Gasteiger partial charge in [0.1, 0.15) is 29.1 Å². The molecule has 2 unspecified atom stereocenters. The molecule has 5 N–H and O–H groups in total. The highest BCUT2D eigenvalue weighted by Crippen LogP contribution is 2.20. The third-order valence-corrected chi connectivity index (χ3v) is 7.15. The van der Waals surface area contributed by atoms with Crippen LogP contribution < -0.4 is 21.3 Å². The second-order valence-corrected chi connectivity index (χ2v) is 12.1. The van der Waals surface area contributed by atoms with Crippen molar-refractivity contribution >= 4 is 39.8 Å². The Hall–Kier alpha value is -2.54. The van der Waals surface area contributed by atoms with E-state index in [0.29, 0.717) is 17.8 Å². The number of piperidine rings is 1. The van der Waals surface area contributed by atoms with Crippen LogP contribution in [0.2, 0.25) is 0 Å². The summed E-state index contributed by atoms with van der Waals surface area (Å²) >= 11 is 0. The van der Waals surface area contributed by atoms with Crippen LogP contribution in [0.4, 0.5) is 20.4 Å². The number of nitrogens with one attached hydrogen (secondary N) is 4. The number of rotatable bonds is 12. The molecule has 1 fully saturated rings. The molecule has 1 amide bonds. The zero-order valence-corrected chi connectivity index (χ0v) is 24.0. The summed E-state index contributed by atoms with van der Waals surface area (Å²) in [6.45, 7) is 4.65. The lowest BCUT2D eigenvalue weighted by Gasteiger charge is -2.33. The summed E-state index contributed by atoms with van der Waals surface area (Å²) in [5.74, 6) is -1.83. The Bertz CT molecular complexity index is 1190. The zero-order chi connectivity index (χ0) is 27.9. The second kappa shape index (κ2) is 14.7. The van der Waals surface area contributed by atoms with Gasteiger partial charge in [-0.1, -0.05) is 13.3 Å². The Morgan fingerprint density at radius 2 is 1.82 bits per heavy atom. The maximum atomic E-state index is 13.9. The average molecular weight is 590 g/mol. The number of carbonyl (C=O) groups is 1. The van der Waals surface area contributed by atoms with Crippen molar-refractivity contribution in [2.24, 2.45) is 0 Å². The van der Waals surface area contributed by atoms with Crippen LogP contribution in [0.15, 0.2) is 30.3 Å². The standard InChI is InChI=1S/C26H37F2N5O4S.ClH/c1-4-16(2)31-24-13-18(12-23(33-24)30-15-38(3,36)37)26(35)32-22(25(34)21-7-5-6-8-29-21)11-17-9-19(27)14-20(28)10-17;/h9-10,12-14,16,21-22,25,29,34H,4-8,11,15H2,1-3H3,(H,32,35)(H2,30,31,33);1H/t16?,21?,22-,25-;/m0./s1. The Labute approximate surface area is 234 Å². The first-order chi connectivity index (χ1) is 17.9. The lowest BCUT2D eigenvalue weighted by molar-refractivity contribution is 0.0646. The van der Waals surface area contributed by atoms with E-state index >= 15 is 0 Å². The van der Waals surface area contributed by atoms with Crippen LogP contribution in [-0.4, -0.2) is 67.3 Å². The van der Waals surface area contributed by atoms with E-state index in [1.807, 2.05) is 13.8 Å². The maximum absolute atomic E-state index is 13.9. The number of sulfone groups is 1. The van der Waals surface area contributed by atoms with Crippen LogP contribution in [0.25, 0.3) is 0 Å². The molecule has 1 saturated heterocycles. The molecular weight excluding hydrogens is 552 g/mol. The van der Waals surface area contributed by atoms with Crippen LogP contribution in [0.3, 0.4) is 0 Å². The van der Waals surface area contributed by atoms with Gasteiger partial charge < -0.3 is 26.4 Å². The van der Waals surface area contributed by atoms with Gasteiger partial charge >= 0.3 is 0 Å². The van der Waals surface area contributed by atoms with Gasteiger partial charge in [-0.25, -0.2) is 22.2 Å². The number of hydrogen-bond donors (Lipinski definition) is 5. The Morgan fingerprint density at radius 3 is 2.41 bits per heavy atom. The first-order valence-electron chi connectivity index (χ1n) is 12.8. The molecule has 3 rings (SSSR count). The minimum atomic E-state index is -3.35. The number of nitrogens with zero attached hydrogens (tertiary/aromatic N) is 1. The van der Waals surface area contributed by atoms with E-state index < -0.39 is 39.5 Å². The summed E-state index contributed by atoms with van der Waals surface area (Å²) in [7, 11) is -3.35. The number of aliphatic hydroxyl groups is 1. The Morgan fingerprint density at radius 1 is 1.15 bits per heavy atom. The van der Waals surface area contributed by atoms with E-state index in [-0.39, 0.29) is 48.2 Å². The number of aromatic nitrogens is 1. The number of hydrogen-bond acceptors (Lipinski definition) is 8. The summed E-state index contributed by atoms with van der Waals surface area (Å²) < 4.78 is 51.1. The number of benzene rings is 1. The largest absolute Gasteiger partial charge is 0.389 e. The molecule has 0 bridgehead atoms. The van der Waals surface area contributed by atoms with E-state index in [0.717, 1.165) is 38.1 Å². The molecule has 0 spiro atoms. The molecule has 2 heterocycles. The van der Waals surface area contributed by atoms with Crippen molar-refractivity contribution in [2.75, 3.05) is 29.3 Å². The fourth-order valence-electron chi connectivity index (χ4n) is 4.33. The van der Waals surface area contributed by atoms with E-state index in [2.05, 4.69) is 26.3 Å². The van der Waals surface area contributed by atoms with E-state index in [1.165, 1.54) is 24.3 Å². The number of carbonyl (C=O) groups excluding carboxylic acids is 1. The number of pyridine rings is 1. The zero-order valence-electron chi connectivity index (χ0n) is 22.3. The summed E-state index contributed by atoms with van der Waals surface area (Å²) in [6, 6.07) is 4.98. The first kappa shape index (κ1) is 32.7. The van der Waals surface area contributed by atoms with Gasteiger partial charge in [0.25, 0.3) is 5.91 Å². The van der Waals surface area contributed by atoms with Crippen molar-refractivity contribution in [3.8, 4) is 0 Å². The molecule has 218 valence electrons. The van der Waals surface area contributed by atoms with Crippen molar-refractivity contribution in [3.05, 3.63) is 53.1 Å². The highest BCUT2D eigenvalue weighted by molar-refractivity contribution is 7.90. The third-order valence-electron chi connectivity index (χ3n) is 6.48. The normalized spacial score (nSPS) is 17.8. The molecule has 39 heavy (non-hydrogen) atoms. The molecule has 0 saturated carbocycles. The van der Waals surface area contributed by atoms with Crippen LogP contribution in [0, 0.1) is 11.6 Å². The number of anilines is 2. The number of aliphatic hydroxyl groups excluding tert-OH is 1. The number of halogens is 3. The molecule has 9 nitrogen and oxygen atoms in total. The predicted octanol–water partition coefficient (Wildman–Crippen LogP) is 3.25.